The summed E-state index contributed by atoms with van der Waals surface area (Å²) in [5.74, 6) is 1.70. The van der Waals surface area contributed by atoms with Crippen LogP contribution in [0.1, 0.15) is 12.5 Å². The molecule has 18 heavy (non-hydrogen) atoms. The van der Waals surface area contributed by atoms with Crippen LogP contribution in [0.4, 0.5) is 0 Å². The van der Waals surface area contributed by atoms with E-state index in [4.69, 9.17) is 15.2 Å². The van der Waals surface area contributed by atoms with Gasteiger partial charge in [0.05, 0.1) is 14.2 Å². The Hall–Kier alpha value is -1.26. The second-order valence-electron chi connectivity index (χ2n) is 4.67. The molecule has 0 saturated carbocycles. The van der Waals surface area contributed by atoms with Crippen LogP contribution in [0.5, 0.6) is 11.5 Å². The van der Waals surface area contributed by atoms with Crippen molar-refractivity contribution in [2.24, 2.45) is 5.73 Å². The molecule has 0 amide bonds. The lowest BCUT2D eigenvalue weighted by atomic mass is 10.1. The Bertz CT molecular complexity index is 367. The molecule has 4 nitrogen and oxygen atoms in total. The molecule has 1 aromatic carbocycles. The van der Waals surface area contributed by atoms with E-state index >= 15 is 0 Å². The van der Waals surface area contributed by atoms with Crippen molar-refractivity contribution in [1.29, 1.82) is 0 Å². The maximum atomic E-state index is 5.77. The fraction of sp³-hybridized carbons (Fsp3) is 0.571. The van der Waals surface area contributed by atoms with Gasteiger partial charge < -0.3 is 20.1 Å². The van der Waals surface area contributed by atoms with E-state index in [9.17, 15) is 0 Å². The Balaban J connectivity index is 2.61. The normalized spacial score (nSPS) is 12.6. The molecule has 0 aliphatic carbocycles. The minimum absolute atomic E-state index is 0.202. The second kappa shape index (κ2) is 7.24. The molecule has 0 aliphatic rings. The van der Waals surface area contributed by atoms with Crippen LogP contribution < -0.4 is 15.2 Å². The summed E-state index contributed by atoms with van der Waals surface area (Å²) in [6.07, 6.45) is 0.941. The molecule has 0 bridgehead atoms. The number of nitrogens with two attached hydrogens (primary N) is 1. The van der Waals surface area contributed by atoms with Gasteiger partial charge in [-0.3, -0.25) is 0 Å². The fourth-order valence-corrected chi connectivity index (χ4v) is 1.95. The number of nitrogens with zero attached hydrogens (tertiary/aromatic N) is 1. The molecule has 2 N–H and O–H groups in total. The molecule has 1 unspecified atom stereocenters. The average molecular weight is 252 g/mol. The zero-order valence-electron chi connectivity index (χ0n) is 11.8. The summed E-state index contributed by atoms with van der Waals surface area (Å²) in [6.45, 7) is 3.88. The van der Waals surface area contributed by atoms with Crippen LogP contribution in [-0.4, -0.2) is 45.3 Å². The zero-order valence-corrected chi connectivity index (χ0v) is 11.8. The van der Waals surface area contributed by atoms with Crippen molar-refractivity contribution < 1.29 is 9.47 Å². The first-order chi connectivity index (χ1) is 8.56. The summed E-state index contributed by atoms with van der Waals surface area (Å²) in [5, 5.41) is 0. The number of likely N-dealkylation sites (N-methyl/N-ethyl adjacent to an activating group) is 1. The number of rotatable bonds is 7. The molecular weight excluding hydrogens is 228 g/mol. The molecule has 0 saturated heterocycles. The quantitative estimate of drug-likeness (QED) is 0.799. The van der Waals surface area contributed by atoms with Crippen molar-refractivity contribution in [3.8, 4) is 11.5 Å². The smallest absolute Gasteiger partial charge is 0.125 e. The van der Waals surface area contributed by atoms with Crippen molar-refractivity contribution >= 4 is 0 Å². The zero-order chi connectivity index (χ0) is 13.5. The third-order valence-electron chi connectivity index (χ3n) is 2.86. The van der Waals surface area contributed by atoms with Gasteiger partial charge in [-0.05, 0) is 32.0 Å². The Morgan fingerprint density at radius 2 is 2.00 bits per heavy atom. The average Bonchev–Trinajstić information content (AvgIpc) is 2.35. The van der Waals surface area contributed by atoms with E-state index in [2.05, 4.69) is 18.0 Å². The Morgan fingerprint density at radius 3 is 2.56 bits per heavy atom. The lowest BCUT2D eigenvalue weighted by molar-refractivity contribution is 0.318. The van der Waals surface area contributed by atoms with Gasteiger partial charge in [-0.25, -0.2) is 0 Å². The minimum atomic E-state index is 0.202. The Labute approximate surface area is 110 Å². The summed E-state index contributed by atoms with van der Waals surface area (Å²) < 4.78 is 10.6. The van der Waals surface area contributed by atoms with Crippen molar-refractivity contribution in [2.45, 2.75) is 19.4 Å². The van der Waals surface area contributed by atoms with E-state index in [1.54, 1.807) is 14.2 Å². The van der Waals surface area contributed by atoms with Crippen molar-refractivity contribution in [3.05, 3.63) is 23.8 Å². The van der Waals surface area contributed by atoms with Crippen molar-refractivity contribution in [3.63, 3.8) is 0 Å². The number of hydrogen-bond donors (Lipinski definition) is 1. The van der Waals surface area contributed by atoms with E-state index in [-0.39, 0.29) is 6.04 Å². The molecular formula is C14H24N2O2. The van der Waals surface area contributed by atoms with E-state index < -0.39 is 0 Å². The van der Waals surface area contributed by atoms with Crippen LogP contribution in [-0.2, 0) is 6.42 Å². The van der Waals surface area contributed by atoms with Crippen LogP contribution in [0, 0.1) is 0 Å². The number of ether oxygens (including phenoxy) is 2. The largest absolute Gasteiger partial charge is 0.497 e. The molecule has 0 aromatic heterocycles. The van der Waals surface area contributed by atoms with Gasteiger partial charge in [0.15, 0.2) is 0 Å². The number of benzene rings is 1. The van der Waals surface area contributed by atoms with Crippen LogP contribution in [0.15, 0.2) is 18.2 Å². The van der Waals surface area contributed by atoms with Crippen LogP contribution in [0.3, 0.4) is 0 Å². The van der Waals surface area contributed by atoms with Gasteiger partial charge in [-0.1, -0.05) is 6.07 Å². The van der Waals surface area contributed by atoms with Gasteiger partial charge in [-0.15, -0.1) is 0 Å². The number of hydrogen-bond acceptors (Lipinski definition) is 4. The van der Waals surface area contributed by atoms with E-state index in [0.717, 1.165) is 31.0 Å². The molecule has 0 fully saturated rings. The molecule has 1 aromatic rings. The maximum absolute atomic E-state index is 5.77. The first-order valence-corrected chi connectivity index (χ1v) is 6.21. The Morgan fingerprint density at radius 1 is 1.28 bits per heavy atom. The predicted molar refractivity (Wildman–Crippen MR) is 74.4 cm³/mol. The summed E-state index contributed by atoms with van der Waals surface area (Å²) in [6, 6.07) is 6.13. The fourth-order valence-electron chi connectivity index (χ4n) is 1.95. The second-order valence-corrected chi connectivity index (χ2v) is 4.67. The van der Waals surface area contributed by atoms with Gasteiger partial charge in [0.25, 0.3) is 0 Å². The SMILES string of the molecule is COc1ccc(CCN(C)CC(C)N)c(OC)c1. The third-order valence-corrected chi connectivity index (χ3v) is 2.86. The molecule has 4 heteroatoms. The van der Waals surface area contributed by atoms with Crippen molar-refractivity contribution in [2.75, 3.05) is 34.4 Å². The number of methoxy groups -OCH3 is 2. The summed E-state index contributed by atoms with van der Waals surface area (Å²) >= 11 is 0. The van der Waals surface area contributed by atoms with Gasteiger partial charge >= 0.3 is 0 Å². The highest BCUT2D eigenvalue weighted by molar-refractivity contribution is 5.40. The highest BCUT2D eigenvalue weighted by Gasteiger charge is 2.07. The summed E-state index contributed by atoms with van der Waals surface area (Å²) in [5.41, 5.74) is 6.96. The van der Waals surface area contributed by atoms with E-state index in [1.165, 1.54) is 5.56 Å². The molecule has 1 atom stereocenters. The lowest BCUT2D eigenvalue weighted by Gasteiger charge is -2.19. The first kappa shape index (κ1) is 14.8. The lowest BCUT2D eigenvalue weighted by Crippen LogP contribution is -2.34. The molecule has 0 aliphatic heterocycles. The first-order valence-electron chi connectivity index (χ1n) is 6.21. The topological polar surface area (TPSA) is 47.7 Å². The summed E-state index contributed by atoms with van der Waals surface area (Å²) in [4.78, 5) is 2.23. The van der Waals surface area contributed by atoms with Crippen LogP contribution >= 0.6 is 0 Å². The van der Waals surface area contributed by atoms with E-state index in [0.29, 0.717) is 0 Å². The van der Waals surface area contributed by atoms with Gasteiger partial charge in [-0.2, -0.15) is 0 Å². The molecule has 1 rings (SSSR count). The minimum Gasteiger partial charge on any atom is -0.497 e. The van der Waals surface area contributed by atoms with Crippen LogP contribution in [0.25, 0.3) is 0 Å². The standard InChI is InChI=1S/C14H24N2O2/c1-11(15)10-16(2)8-7-12-5-6-13(17-3)9-14(12)18-4/h5-6,9,11H,7-8,10,15H2,1-4H3. The Kier molecular flexibility index (Phi) is 5.95. The van der Waals surface area contributed by atoms with Gasteiger partial charge in [0.1, 0.15) is 11.5 Å². The van der Waals surface area contributed by atoms with Crippen molar-refractivity contribution in [1.82, 2.24) is 4.90 Å². The molecule has 102 valence electrons. The highest BCUT2D eigenvalue weighted by atomic mass is 16.5. The predicted octanol–water partition coefficient (Wildman–Crippen LogP) is 1.53. The maximum Gasteiger partial charge on any atom is 0.125 e. The van der Waals surface area contributed by atoms with Gasteiger partial charge in [0, 0.05) is 25.2 Å². The van der Waals surface area contributed by atoms with Gasteiger partial charge in [0.2, 0.25) is 0 Å². The molecule has 0 radical (unpaired) electrons. The van der Waals surface area contributed by atoms with E-state index in [1.807, 2.05) is 19.1 Å². The highest BCUT2D eigenvalue weighted by Crippen LogP contribution is 2.24. The van der Waals surface area contributed by atoms with Crippen LogP contribution in [0.2, 0.25) is 0 Å². The molecule has 0 heterocycles. The monoisotopic (exact) mass is 252 g/mol. The summed E-state index contributed by atoms with van der Waals surface area (Å²) in [7, 11) is 5.42. The third kappa shape index (κ3) is 4.55. The molecule has 0 spiro atoms.